The molecule has 3 rings (SSSR count). The van der Waals surface area contributed by atoms with Crippen LogP contribution in [-0.2, 0) is 0 Å². The fourth-order valence-corrected chi connectivity index (χ4v) is 4.89. The zero-order valence-corrected chi connectivity index (χ0v) is 20.6. The van der Waals surface area contributed by atoms with Gasteiger partial charge in [0.2, 0.25) is 0 Å². The highest BCUT2D eigenvalue weighted by molar-refractivity contribution is 6.21. The van der Waals surface area contributed by atoms with Gasteiger partial charge in [-0.15, -0.1) is 0 Å². The summed E-state index contributed by atoms with van der Waals surface area (Å²) >= 11 is 7.25. The van der Waals surface area contributed by atoms with Crippen LogP contribution in [0.4, 0.5) is 11.4 Å². The number of hydrogen-bond acceptors (Lipinski definition) is 1. The van der Waals surface area contributed by atoms with Crippen LogP contribution in [0.5, 0.6) is 0 Å². The van der Waals surface area contributed by atoms with Gasteiger partial charge in [0.05, 0.1) is 11.9 Å². The third-order valence-corrected chi connectivity index (χ3v) is 6.62. The van der Waals surface area contributed by atoms with Gasteiger partial charge in [-0.3, -0.25) is 4.90 Å². The summed E-state index contributed by atoms with van der Waals surface area (Å²) in [5, 5.41) is 0. The number of benzene rings is 2. The minimum absolute atomic E-state index is 0.209. The highest BCUT2D eigenvalue weighted by atomic mass is 35.5. The van der Waals surface area contributed by atoms with Crippen molar-refractivity contribution in [1.82, 2.24) is 0 Å². The number of hydrogen-bond donors (Lipinski definition) is 1. The van der Waals surface area contributed by atoms with Gasteiger partial charge < -0.3 is 0 Å². The van der Waals surface area contributed by atoms with Crippen LogP contribution in [0, 0.1) is 0 Å². The number of anilines is 1. The highest BCUT2D eigenvalue weighted by Crippen LogP contribution is 2.38. The van der Waals surface area contributed by atoms with Gasteiger partial charge in [0.25, 0.3) is 5.62 Å². The van der Waals surface area contributed by atoms with Crippen molar-refractivity contribution in [3.63, 3.8) is 0 Å². The second kappa shape index (κ2) is 9.16. The molecule has 0 aromatic heterocycles. The van der Waals surface area contributed by atoms with Crippen LogP contribution >= 0.6 is 11.6 Å². The molecule has 0 radical (unpaired) electrons. The average Bonchev–Trinajstić information content (AvgIpc) is 3.07. The zero-order valence-electron chi connectivity index (χ0n) is 19.8. The van der Waals surface area contributed by atoms with E-state index in [2.05, 4.69) is 109 Å². The highest BCUT2D eigenvalue weighted by Gasteiger charge is 2.37. The lowest BCUT2D eigenvalue weighted by Gasteiger charge is -2.31. The van der Waals surface area contributed by atoms with E-state index in [0.717, 1.165) is 0 Å². The molecule has 2 aromatic rings. The van der Waals surface area contributed by atoms with E-state index in [1.807, 2.05) is 0 Å². The Balaban J connectivity index is 2.12. The fourth-order valence-electron chi connectivity index (χ4n) is 4.55. The van der Waals surface area contributed by atoms with Crippen molar-refractivity contribution in [3.05, 3.63) is 71.1 Å². The van der Waals surface area contributed by atoms with Crippen molar-refractivity contribution in [2.75, 3.05) is 4.90 Å². The molecule has 0 amide bonds. The molecule has 2 unspecified atom stereocenters. The second-order valence-electron chi connectivity index (χ2n) is 9.73. The summed E-state index contributed by atoms with van der Waals surface area (Å²) in [5.74, 6) is 1.78. The van der Waals surface area contributed by atoms with Crippen LogP contribution in [0.15, 0.2) is 48.8 Å². The lowest BCUT2D eigenvalue weighted by atomic mass is 9.91. The minimum Gasteiger partial charge on any atom is -0.279 e. The van der Waals surface area contributed by atoms with E-state index in [4.69, 9.17) is 11.6 Å². The first-order valence-corrected chi connectivity index (χ1v) is 11.8. The molecule has 1 N–H and O–H groups in total. The molecule has 3 heteroatoms. The maximum Gasteiger partial charge on any atom is 0.254 e. The van der Waals surface area contributed by atoms with Gasteiger partial charge in [-0.2, -0.15) is 0 Å². The van der Waals surface area contributed by atoms with E-state index in [9.17, 15) is 0 Å². The Bertz CT molecular complexity index is 785. The maximum absolute atomic E-state index is 7.25. The summed E-state index contributed by atoms with van der Waals surface area (Å²) in [6.45, 7) is 18.1. The van der Waals surface area contributed by atoms with Crippen molar-refractivity contribution >= 4 is 23.0 Å². The molecule has 0 fully saturated rings. The van der Waals surface area contributed by atoms with Crippen LogP contribution in [-0.4, -0.2) is 5.62 Å². The topological polar surface area (TPSA) is 7.68 Å². The van der Waals surface area contributed by atoms with Crippen molar-refractivity contribution < 1.29 is 4.90 Å². The van der Waals surface area contributed by atoms with Crippen LogP contribution in [0.25, 0.3) is 0 Å². The average molecular weight is 426 g/mol. The third-order valence-electron chi connectivity index (χ3n) is 6.18. The lowest BCUT2D eigenvalue weighted by molar-refractivity contribution is -0.782. The predicted molar refractivity (Wildman–Crippen MR) is 131 cm³/mol. The Kier molecular flexibility index (Phi) is 6.99. The van der Waals surface area contributed by atoms with Gasteiger partial charge in [0.15, 0.2) is 0 Å². The van der Waals surface area contributed by atoms with Crippen molar-refractivity contribution in [2.24, 2.45) is 0 Å². The number of para-hydroxylation sites is 2. The van der Waals surface area contributed by atoms with Gasteiger partial charge in [-0.1, -0.05) is 91.8 Å². The molecule has 2 nitrogen and oxygen atoms in total. The first-order valence-electron chi connectivity index (χ1n) is 11.4. The molecular formula is C27H38ClN2+. The smallest absolute Gasteiger partial charge is 0.254 e. The molecule has 1 aliphatic rings. The van der Waals surface area contributed by atoms with Crippen LogP contribution < -0.4 is 9.80 Å². The molecule has 2 atom stereocenters. The monoisotopic (exact) mass is 425 g/mol. The normalized spacial score (nSPS) is 19.2. The van der Waals surface area contributed by atoms with E-state index < -0.39 is 0 Å². The number of quaternary nitrogens is 1. The van der Waals surface area contributed by atoms with E-state index in [-0.39, 0.29) is 5.62 Å². The molecule has 1 aliphatic heterocycles. The van der Waals surface area contributed by atoms with Gasteiger partial charge >= 0.3 is 0 Å². The molecule has 0 spiro atoms. The van der Waals surface area contributed by atoms with Crippen LogP contribution in [0.1, 0.15) is 101 Å². The third kappa shape index (κ3) is 4.18. The number of alkyl halides is 1. The quantitative estimate of drug-likeness (QED) is 0.379. The van der Waals surface area contributed by atoms with Gasteiger partial charge in [0, 0.05) is 11.1 Å². The first-order chi connectivity index (χ1) is 14.1. The molecule has 0 bridgehead atoms. The summed E-state index contributed by atoms with van der Waals surface area (Å²) in [4.78, 5) is 3.51. The van der Waals surface area contributed by atoms with Gasteiger partial charge in [-0.05, 0) is 46.4 Å². The predicted octanol–water partition coefficient (Wildman–Crippen LogP) is 7.21. The molecule has 162 valence electrons. The molecule has 1 heterocycles. The largest absolute Gasteiger partial charge is 0.279 e. The van der Waals surface area contributed by atoms with Crippen molar-refractivity contribution in [3.8, 4) is 0 Å². The molecule has 0 saturated carbocycles. The molecule has 2 aromatic carbocycles. The number of halogens is 1. The van der Waals surface area contributed by atoms with E-state index in [0.29, 0.717) is 23.7 Å². The summed E-state index contributed by atoms with van der Waals surface area (Å²) in [5.41, 5.74) is 7.90. The van der Waals surface area contributed by atoms with Crippen molar-refractivity contribution in [2.45, 2.75) is 84.7 Å². The van der Waals surface area contributed by atoms with Crippen LogP contribution in [0.3, 0.4) is 0 Å². The standard InChI is InChI=1S/C27H37ClN2/c1-17(2)21-11-9-12-22(18(3)4)25(21)29-15-16-30(27(29)28)26-23(19(5)6)13-10-14-24(26)20(7)8/h9-20,27H,1-8H3/p+1. The molecule has 0 aliphatic carbocycles. The molecule has 0 saturated heterocycles. The number of nitrogens with one attached hydrogen (secondary N) is 1. The Labute approximate surface area is 188 Å². The molecule has 30 heavy (non-hydrogen) atoms. The molecular weight excluding hydrogens is 388 g/mol. The first kappa shape index (κ1) is 22.9. The van der Waals surface area contributed by atoms with Gasteiger partial charge in [0.1, 0.15) is 11.9 Å². The fraction of sp³-hybridized carbons (Fsp3) is 0.481. The second-order valence-corrected chi connectivity index (χ2v) is 10.1. The lowest BCUT2D eigenvalue weighted by Crippen LogP contribution is -3.06. The zero-order chi connectivity index (χ0) is 22.2. The van der Waals surface area contributed by atoms with Crippen molar-refractivity contribution in [1.29, 1.82) is 0 Å². The Morgan fingerprint density at radius 3 is 1.50 bits per heavy atom. The maximum atomic E-state index is 7.25. The SMILES string of the molecule is CC(C)c1cccc(C(C)C)c1N1C=C[NH+](c2c(C(C)C)cccc2C(C)C)C1Cl. The summed E-state index contributed by atoms with van der Waals surface area (Å²) in [6.07, 6.45) is 4.44. The Morgan fingerprint density at radius 2 is 1.10 bits per heavy atom. The van der Waals surface area contributed by atoms with Gasteiger partial charge in [-0.25, -0.2) is 4.90 Å². The number of nitrogens with zero attached hydrogens (tertiary/aromatic N) is 1. The van der Waals surface area contributed by atoms with Crippen LogP contribution in [0.2, 0.25) is 0 Å². The van der Waals surface area contributed by atoms with E-state index >= 15 is 0 Å². The number of rotatable bonds is 6. The summed E-state index contributed by atoms with van der Waals surface area (Å²) in [6, 6.07) is 13.4. The Morgan fingerprint density at radius 1 is 0.700 bits per heavy atom. The minimum atomic E-state index is -0.209. The Hall–Kier alpha value is -1.77. The van der Waals surface area contributed by atoms with E-state index in [1.165, 1.54) is 38.5 Å². The van der Waals surface area contributed by atoms with E-state index in [1.54, 1.807) is 0 Å². The summed E-state index contributed by atoms with van der Waals surface area (Å²) < 4.78 is 0. The summed E-state index contributed by atoms with van der Waals surface area (Å²) in [7, 11) is 0.